The van der Waals surface area contributed by atoms with E-state index >= 15 is 0 Å². The van der Waals surface area contributed by atoms with Crippen LogP contribution in [-0.2, 0) is 6.54 Å². The Hall–Kier alpha value is -0.580. The second-order valence-corrected chi connectivity index (χ2v) is 5.21. The van der Waals surface area contributed by atoms with E-state index in [1.54, 1.807) is 23.5 Å². The van der Waals surface area contributed by atoms with Gasteiger partial charge in [0.1, 0.15) is 5.15 Å². The van der Waals surface area contributed by atoms with E-state index in [0.717, 1.165) is 9.35 Å². The molecule has 2 aromatic rings. The van der Waals surface area contributed by atoms with Gasteiger partial charge in [-0.25, -0.2) is 0 Å². The molecule has 0 saturated carbocycles. The number of hydrogen-bond acceptors (Lipinski definition) is 2. The summed E-state index contributed by atoms with van der Waals surface area (Å²) in [6, 6.07) is 6.84. The minimum Gasteiger partial charge on any atom is -0.294 e. The largest absolute Gasteiger partial charge is 0.294 e. The molecule has 2 heterocycles. The Bertz CT molecular complexity index is 534. The molecule has 0 saturated heterocycles. The van der Waals surface area contributed by atoms with Gasteiger partial charge in [-0.1, -0.05) is 17.7 Å². The van der Waals surface area contributed by atoms with Gasteiger partial charge >= 0.3 is 0 Å². The summed E-state index contributed by atoms with van der Waals surface area (Å²) in [5, 5.41) is 2.43. The molecule has 0 aliphatic rings. The van der Waals surface area contributed by atoms with Crippen molar-refractivity contribution in [3.05, 3.63) is 54.5 Å². The van der Waals surface area contributed by atoms with Gasteiger partial charge in [-0.3, -0.25) is 9.36 Å². The quantitative estimate of drug-likeness (QED) is 0.780. The van der Waals surface area contributed by atoms with E-state index in [4.69, 9.17) is 11.6 Å². The topological polar surface area (TPSA) is 22.0 Å². The molecule has 0 radical (unpaired) electrons. The van der Waals surface area contributed by atoms with E-state index in [1.807, 2.05) is 11.4 Å². The summed E-state index contributed by atoms with van der Waals surface area (Å²) in [5.41, 5.74) is -0.0807. The smallest absolute Gasteiger partial charge is 0.251 e. The van der Waals surface area contributed by atoms with Crippen LogP contribution >= 0.6 is 38.9 Å². The van der Waals surface area contributed by atoms with Crippen molar-refractivity contribution in [3.63, 3.8) is 0 Å². The summed E-state index contributed by atoms with van der Waals surface area (Å²) < 4.78 is 2.55. The maximum atomic E-state index is 11.5. The molecule has 0 fully saturated rings. The SMILES string of the molecule is O=c1cccc(Cl)n1Cc1sccc1Br. The van der Waals surface area contributed by atoms with Crippen molar-refractivity contribution >= 4 is 38.9 Å². The molecular weight excluding hydrogens is 298 g/mol. The molecule has 2 rings (SSSR count). The Kier molecular flexibility index (Phi) is 3.29. The predicted molar refractivity (Wildman–Crippen MR) is 66.8 cm³/mol. The van der Waals surface area contributed by atoms with Crippen LogP contribution in [0.5, 0.6) is 0 Å². The zero-order valence-electron chi connectivity index (χ0n) is 7.61. The summed E-state index contributed by atoms with van der Waals surface area (Å²) in [6.45, 7) is 0.511. The molecular formula is C10H7BrClNOS. The van der Waals surface area contributed by atoms with Gasteiger partial charge in [0, 0.05) is 15.4 Å². The molecule has 0 amide bonds. The van der Waals surface area contributed by atoms with Gasteiger partial charge in [0.25, 0.3) is 5.56 Å². The van der Waals surface area contributed by atoms with Gasteiger partial charge in [-0.05, 0) is 33.4 Å². The summed E-state index contributed by atoms with van der Waals surface area (Å²) in [6.07, 6.45) is 0. The van der Waals surface area contributed by atoms with Crippen LogP contribution in [-0.4, -0.2) is 4.57 Å². The fourth-order valence-electron chi connectivity index (χ4n) is 1.23. The third kappa shape index (κ3) is 2.33. The summed E-state index contributed by atoms with van der Waals surface area (Å²) in [5.74, 6) is 0. The Morgan fingerprint density at radius 3 is 2.80 bits per heavy atom. The van der Waals surface area contributed by atoms with E-state index in [2.05, 4.69) is 15.9 Å². The van der Waals surface area contributed by atoms with Gasteiger partial charge in [-0.2, -0.15) is 0 Å². The lowest BCUT2D eigenvalue weighted by atomic mass is 10.4. The summed E-state index contributed by atoms with van der Waals surface area (Å²) in [4.78, 5) is 12.6. The third-order valence-corrected chi connectivity index (χ3v) is 4.23. The first-order valence-corrected chi connectivity index (χ1v) is 6.31. The van der Waals surface area contributed by atoms with Crippen molar-refractivity contribution in [1.29, 1.82) is 0 Å². The normalized spacial score (nSPS) is 10.5. The van der Waals surface area contributed by atoms with E-state index in [0.29, 0.717) is 11.7 Å². The number of aromatic nitrogens is 1. The molecule has 0 atom stereocenters. The highest BCUT2D eigenvalue weighted by Gasteiger charge is 2.06. The van der Waals surface area contributed by atoms with Crippen LogP contribution in [0.1, 0.15) is 4.88 Å². The molecule has 78 valence electrons. The molecule has 0 aliphatic heterocycles. The van der Waals surface area contributed by atoms with Crippen molar-refractivity contribution in [2.75, 3.05) is 0 Å². The Morgan fingerprint density at radius 2 is 2.20 bits per heavy atom. The zero-order valence-corrected chi connectivity index (χ0v) is 10.8. The molecule has 15 heavy (non-hydrogen) atoms. The molecule has 5 heteroatoms. The van der Waals surface area contributed by atoms with Gasteiger partial charge in [0.15, 0.2) is 0 Å². The first-order valence-electron chi connectivity index (χ1n) is 4.25. The second-order valence-electron chi connectivity index (χ2n) is 2.96. The van der Waals surface area contributed by atoms with E-state index in [9.17, 15) is 4.79 Å². The van der Waals surface area contributed by atoms with Gasteiger partial charge in [0.2, 0.25) is 0 Å². The number of thiophene rings is 1. The average molecular weight is 305 g/mol. The van der Waals surface area contributed by atoms with Crippen LogP contribution in [0.2, 0.25) is 5.15 Å². The monoisotopic (exact) mass is 303 g/mol. The van der Waals surface area contributed by atoms with Crippen molar-refractivity contribution in [2.45, 2.75) is 6.54 Å². The predicted octanol–water partition coefficient (Wildman–Crippen LogP) is 3.37. The van der Waals surface area contributed by atoms with Crippen molar-refractivity contribution in [3.8, 4) is 0 Å². The Balaban J connectivity index is 2.41. The van der Waals surface area contributed by atoms with E-state index < -0.39 is 0 Å². The van der Waals surface area contributed by atoms with E-state index in [1.165, 1.54) is 10.6 Å². The van der Waals surface area contributed by atoms with Crippen LogP contribution in [0.4, 0.5) is 0 Å². The van der Waals surface area contributed by atoms with Crippen LogP contribution in [0.15, 0.2) is 38.9 Å². The fourth-order valence-corrected chi connectivity index (χ4v) is 2.91. The zero-order chi connectivity index (χ0) is 10.8. The van der Waals surface area contributed by atoms with Gasteiger partial charge in [0.05, 0.1) is 6.54 Å². The lowest BCUT2D eigenvalue weighted by Gasteiger charge is -2.06. The molecule has 0 spiro atoms. The minimum atomic E-state index is -0.0807. The van der Waals surface area contributed by atoms with E-state index in [-0.39, 0.29) is 5.56 Å². The third-order valence-electron chi connectivity index (χ3n) is 1.99. The van der Waals surface area contributed by atoms with Crippen molar-refractivity contribution in [2.24, 2.45) is 0 Å². The average Bonchev–Trinajstić information content (AvgIpc) is 2.58. The maximum absolute atomic E-state index is 11.5. The van der Waals surface area contributed by atoms with Crippen molar-refractivity contribution < 1.29 is 0 Å². The molecule has 0 bridgehead atoms. The lowest BCUT2D eigenvalue weighted by molar-refractivity contribution is 0.769. The van der Waals surface area contributed by atoms with Crippen LogP contribution in [0.25, 0.3) is 0 Å². The highest BCUT2D eigenvalue weighted by molar-refractivity contribution is 9.10. The molecule has 2 nitrogen and oxygen atoms in total. The summed E-state index contributed by atoms with van der Waals surface area (Å²) in [7, 11) is 0. The highest BCUT2D eigenvalue weighted by atomic mass is 79.9. The molecule has 2 aromatic heterocycles. The number of halogens is 2. The minimum absolute atomic E-state index is 0.0807. The molecule has 0 aliphatic carbocycles. The van der Waals surface area contributed by atoms with Crippen LogP contribution in [0, 0.1) is 0 Å². The molecule has 0 N–H and O–H groups in total. The molecule has 0 unspecified atom stereocenters. The first-order chi connectivity index (χ1) is 7.18. The summed E-state index contributed by atoms with van der Waals surface area (Å²) >= 11 is 11.0. The maximum Gasteiger partial charge on any atom is 0.251 e. The lowest BCUT2D eigenvalue weighted by Crippen LogP contribution is -2.19. The Labute approximate surface area is 104 Å². The number of hydrogen-bond donors (Lipinski definition) is 0. The first kappa shape index (κ1) is 10.9. The van der Waals surface area contributed by atoms with Gasteiger partial charge < -0.3 is 0 Å². The van der Waals surface area contributed by atoms with Gasteiger partial charge in [-0.15, -0.1) is 11.3 Å². The Morgan fingerprint density at radius 1 is 1.40 bits per heavy atom. The van der Waals surface area contributed by atoms with Crippen LogP contribution in [0.3, 0.4) is 0 Å². The second kappa shape index (κ2) is 4.51. The standard InChI is InChI=1S/C10H7BrClNOS/c11-7-4-5-15-8(7)6-13-9(12)2-1-3-10(13)14/h1-5H,6H2. The highest BCUT2D eigenvalue weighted by Crippen LogP contribution is 2.23. The number of nitrogens with zero attached hydrogens (tertiary/aromatic N) is 1. The van der Waals surface area contributed by atoms with Crippen molar-refractivity contribution in [1.82, 2.24) is 4.57 Å². The fraction of sp³-hybridized carbons (Fsp3) is 0.100. The number of pyridine rings is 1. The molecule has 0 aromatic carbocycles. The number of rotatable bonds is 2. The van der Waals surface area contributed by atoms with Crippen LogP contribution < -0.4 is 5.56 Å².